The molecule has 1 aliphatic heterocycles. The van der Waals surface area contributed by atoms with Crippen LogP contribution in [0.4, 0.5) is 0 Å². The Kier molecular flexibility index (Phi) is 7.11. The van der Waals surface area contributed by atoms with E-state index >= 15 is 0 Å². The van der Waals surface area contributed by atoms with Crippen molar-refractivity contribution < 1.29 is 14.2 Å². The standard InChI is InChI=1S/C17H20N4O3.HI/c1-18-17(21-10-13-5-6-19-16(8-13)22-2)20-9-12-3-4-14-15(7-12)24-11-23-14;/h3-8H,9-11H2,1-2H3,(H2,18,20,21);1H. The maximum atomic E-state index is 5.39. The number of benzene rings is 1. The average Bonchev–Trinajstić information content (AvgIpc) is 3.10. The summed E-state index contributed by atoms with van der Waals surface area (Å²) in [5.74, 6) is 2.87. The number of nitrogens with one attached hydrogen (secondary N) is 2. The Bertz CT molecular complexity index is 740. The number of hydrogen-bond donors (Lipinski definition) is 2. The lowest BCUT2D eigenvalue weighted by molar-refractivity contribution is 0.174. The normalized spacial score (nSPS) is 12.3. The van der Waals surface area contributed by atoms with Crippen molar-refractivity contribution in [2.45, 2.75) is 13.1 Å². The van der Waals surface area contributed by atoms with E-state index in [1.165, 1.54) is 0 Å². The summed E-state index contributed by atoms with van der Waals surface area (Å²) in [6.07, 6.45) is 1.72. The van der Waals surface area contributed by atoms with Gasteiger partial charge in [0.2, 0.25) is 12.7 Å². The van der Waals surface area contributed by atoms with E-state index in [0.717, 1.165) is 22.6 Å². The van der Waals surface area contributed by atoms with Crippen LogP contribution in [0, 0.1) is 0 Å². The molecule has 0 bridgehead atoms. The van der Waals surface area contributed by atoms with E-state index in [-0.39, 0.29) is 30.8 Å². The van der Waals surface area contributed by atoms with Crippen molar-refractivity contribution in [2.24, 2.45) is 4.99 Å². The Morgan fingerprint density at radius 3 is 2.56 bits per heavy atom. The Labute approximate surface area is 163 Å². The molecular formula is C17H21IN4O3. The number of guanidine groups is 1. The summed E-state index contributed by atoms with van der Waals surface area (Å²) < 4.78 is 15.8. The summed E-state index contributed by atoms with van der Waals surface area (Å²) in [7, 11) is 3.34. The molecule has 8 heteroatoms. The van der Waals surface area contributed by atoms with Crippen LogP contribution in [0.25, 0.3) is 0 Å². The molecule has 0 radical (unpaired) electrons. The molecule has 0 spiro atoms. The summed E-state index contributed by atoms with van der Waals surface area (Å²) in [5.41, 5.74) is 2.15. The number of hydrogen-bond acceptors (Lipinski definition) is 5. The molecule has 1 aromatic carbocycles. The zero-order valence-corrected chi connectivity index (χ0v) is 16.4. The predicted molar refractivity (Wildman–Crippen MR) is 106 cm³/mol. The molecule has 0 atom stereocenters. The third-order valence-corrected chi connectivity index (χ3v) is 3.59. The Balaban J connectivity index is 0.00000225. The van der Waals surface area contributed by atoms with Gasteiger partial charge in [-0.15, -0.1) is 24.0 Å². The summed E-state index contributed by atoms with van der Waals surface area (Å²) in [5, 5.41) is 6.53. The van der Waals surface area contributed by atoms with Gasteiger partial charge in [-0.1, -0.05) is 6.07 Å². The van der Waals surface area contributed by atoms with E-state index in [4.69, 9.17) is 14.2 Å². The molecule has 0 saturated heterocycles. The maximum absolute atomic E-state index is 5.39. The first-order valence-corrected chi connectivity index (χ1v) is 7.60. The zero-order valence-electron chi connectivity index (χ0n) is 14.1. The first-order valence-electron chi connectivity index (χ1n) is 7.60. The number of pyridine rings is 1. The molecule has 0 amide bonds. The van der Waals surface area contributed by atoms with Gasteiger partial charge in [0.05, 0.1) is 7.11 Å². The van der Waals surface area contributed by atoms with Crippen molar-refractivity contribution in [3.63, 3.8) is 0 Å². The van der Waals surface area contributed by atoms with Crippen LogP contribution in [-0.2, 0) is 13.1 Å². The van der Waals surface area contributed by atoms with Crippen LogP contribution in [0.1, 0.15) is 11.1 Å². The van der Waals surface area contributed by atoms with Crippen molar-refractivity contribution in [1.29, 1.82) is 0 Å². The van der Waals surface area contributed by atoms with Gasteiger partial charge in [0.15, 0.2) is 17.5 Å². The highest BCUT2D eigenvalue weighted by Crippen LogP contribution is 2.32. The quantitative estimate of drug-likeness (QED) is 0.409. The van der Waals surface area contributed by atoms with Crippen LogP contribution in [0.15, 0.2) is 41.5 Å². The largest absolute Gasteiger partial charge is 0.481 e. The van der Waals surface area contributed by atoms with E-state index in [1.807, 2.05) is 30.3 Å². The highest BCUT2D eigenvalue weighted by atomic mass is 127. The smallest absolute Gasteiger partial charge is 0.231 e. The van der Waals surface area contributed by atoms with Crippen LogP contribution in [0.3, 0.4) is 0 Å². The lowest BCUT2D eigenvalue weighted by atomic mass is 10.2. The molecule has 0 fully saturated rings. The lowest BCUT2D eigenvalue weighted by Crippen LogP contribution is -2.36. The number of halogens is 1. The highest BCUT2D eigenvalue weighted by molar-refractivity contribution is 14.0. The van der Waals surface area contributed by atoms with Gasteiger partial charge in [0.25, 0.3) is 0 Å². The van der Waals surface area contributed by atoms with Gasteiger partial charge in [-0.3, -0.25) is 4.99 Å². The van der Waals surface area contributed by atoms with Crippen LogP contribution < -0.4 is 24.8 Å². The predicted octanol–water partition coefficient (Wildman–Crippen LogP) is 2.30. The van der Waals surface area contributed by atoms with Gasteiger partial charge in [0.1, 0.15) is 0 Å². The van der Waals surface area contributed by atoms with Gasteiger partial charge in [-0.05, 0) is 29.3 Å². The number of methoxy groups -OCH3 is 1. The van der Waals surface area contributed by atoms with Crippen molar-refractivity contribution in [3.05, 3.63) is 47.7 Å². The number of fused-ring (bicyclic) bond motifs is 1. The molecule has 2 heterocycles. The van der Waals surface area contributed by atoms with Crippen LogP contribution >= 0.6 is 24.0 Å². The maximum Gasteiger partial charge on any atom is 0.231 e. The van der Waals surface area contributed by atoms with Crippen LogP contribution in [0.5, 0.6) is 17.4 Å². The minimum atomic E-state index is 0. The molecule has 2 aromatic rings. The molecule has 1 aliphatic rings. The fraction of sp³-hybridized carbons (Fsp3) is 0.294. The molecule has 7 nitrogen and oxygen atoms in total. The third kappa shape index (κ3) is 5.12. The van der Waals surface area contributed by atoms with Crippen molar-refractivity contribution in [2.75, 3.05) is 21.0 Å². The monoisotopic (exact) mass is 456 g/mol. The molecule has 134 valence electrons. The average molecular weight is 456 g/mol. The number of rotatable bonds is 5. The lowest BCUT2D eigenvalue weighted by Gasteiger charge is -2.12. The second kappa shape index (κ2) is 9.30. The summed E-state index contributed by atoms with van der Waals surface area (Å²) >= 11 is 0. The molecule has 1 aromatic heterocycles. The topological polar surface area (TPSA) is 77.0 Å². The van der Waals surface area contributed by atoms with E-state index in [0.29, 0.717) is 24.9 Å². The Hall–Kier alpha value is -2.23. The summed E-state index contributed by atoms with van der Waals surface area (Å²) in [6.45, 7) is 1.54. The Morgan fingerprint density at radius 1 is 1.12 bits per heavy atom. The molecule has 2 N–H and O–H groups in total. The molecule has 0 saturated carbocycles. The van der Waals surface area contributed by atoms with Gasteiger partial charge in [-0.2, -0.15) is 0 Å². The van der Waals surface area contributed by atoms with Gasteiger partial charge in [0, 0.05) is 32.4 Å². The first kappa shape index (κ1) is 19.1. The van der Waals surface area contributed by atoms with Crippen molar-refractivity contribution >= 4 is 29.9 Å². The molecule has 0 aliphatic carbocycles. The number of aliphatic imine (C=N–C) groups is 1. The van der Waals surface area contributed by atoms with E-state index in [2.05, 4.69) is 20.6 Å². The van der Waals surface area contributed by atoms with Crippen LogP contribution in [-0.4, -0.2) is 31.9 Å². The minimum absolute atomic E-state index is 0. The van der Waals surface area contributed by atoms with Gasteiger partial charge in [-0.25, -0.2) is 4.98 Å². The van der Waals surface area contributed by atoms with Crippen molar-refractivity contribution in [1.82, 2.24) is 15.6 Å². The van der Waals surface area contributed by atoms with E-state index in [9.17, 15) is 0 Å². The molecule has 0 unspecified atom stereocenters. The molecule has 3 rings (SSSR count). The van der Waals surface area contributed by atoms with E-state index in [1.54, 1.807) is 20.4 Å². The van der Waals surface area contributed by atoms with Crippen LogP contribution in [0.2, 0.25) is 0 Å². The zero-order chi connectivity index (χ0) is 16.8. The second-order valence-corrected chi connectivity index (χ2v) is 5.17. The fourth-order valence-electron chi connectivity index (χ4n) is 2.32. The summed E-state index contributed by atoms with van der Waals surface area (Å²) in [6, 6.07) is 9.70. The second-order valence-electron chi connectivity index (χ2n) is 5.17. The first-order chi connectivity index (χ1) is 11.8. The molecular weight excluding hydrogens is 435 g/mol. The van der Waals surface area contributed by atoms with E-state index < -0.39 is 0 Å². The number of nitrogens with zero attached hydrogens (tertiary/aromatic N) is 2. The fourth-order valence-corrected chi connectivity index (χ4v) is 2.32. The SMILES string of the molecule is CN=C(NCc1ccnc(OC)c1)NCc1ccc2c(c1)OCO2.I. The Morgan fingerprint density at radius 2 is 1.84 bits per heavy atom. The number of aromatic nitrogens is 1. The minimum Gasteiger partial charge on any atom is -0.481 e. The third-order valence-electron chi connectivity index (χ3n) is 3.59. The highest BCUT2D eigenvalue weighted by Gasteiger charge is 2.13. The summed E-state index contributed by atoms with van der Waals surface area (Å²) in [4.78, 5) is 8.32. The van der Waals surface area contributed by atoms with Gasteiger partial charge >= 0.3 is 0 Å². The number of ether oxygens (including phenoxy) is 3. The van der Waals surface area contributed by atoms with Crippen molar-refractivity contribution in [3.8, 4) is 17.4 Å². The molecule has 25 heavy (non-hydrogen) atoms. The van der Waals surface area contributed by atoms with Gasteiger partial charge < -0.3 is 24.8 Å².